The average molecular weight is 307 g/mol. The normalized spacial score (nSPS) is 11.8. The molecule has 1 N–H and O–H groups in total. The topological polar surface area (TPSA) is 71.5 Å². The molecule has 0 saturated heterocycles. The summed E-state index contributed by atoms with van der Waals surface area (Å²) >= 11 is 1.56. The van der Waals surface area contributed by atoms with Crippen LogP contribution in [0.15, 0.2) is 0 Å². The molecule has 0 unspecified atom stereocenters. The fourth-order valence-electron chi connectivity index (χ4n) is 1.48. The zero-order valence-corrected chi connectivity index (χ0v) is 13.4. The van der Waals surface area contributed by atoms with E-state index in [9.17, 15) is 8.42 Å². The van der Waals surface area contributed by atoms with E-state index in [4.69, 9.17) is 4.74 Å². The molecule has 110 valence electrons. The molecular weight excluding hydrogens is 286 g/mol. The van der Waals surface area contributed by atoms with Crippen molar-refractivity contribution in [2.24, 2.45) is 0 Å². The maximum atomic E-state index is 11.2. The molecule has 0 spiro atoms. The third-order valence-corrected chi connectivity index (χ3v) is 4.65. The second kappa shape index (κ2) is 7.18. The molecule has 1 heterocycles. The number of anilines is 1. The molecule has 19 heavy (non-hydrogen) atoms. The van der Waals surface area contributed by atoms with Gasteiger partial charge in [0.15, 0.2) is 5.13 Å². The van der Waals surface area contributed by atoms with Crippen molar-refractivity contribution >= 4 is 26.3 Å². The Morgan fingerprint density at radius 2 is 2.16 bits per heavy atom. The van der Waals surface area contributed by atoms with Crippen molar-refractivity contribution in [2.45, 2.75) is 13.2 Å². The predicted octanol–water partition coefficient (Wildman–Crippen LogP) is 0.490. The minimum Gasteiger partial charge on any atom is -0.378 e. The van der Waals surface area contributed by atoms with Crippen LogP contribution in [0.2, 0.25) is 0 Å². The lowest BCUT2D eigenvalue weighted by Crippen LogP contribution is -2.24. The van der Waals surface area contributed by atoms with Crippen molar-refractivity contribution in [3.63, 3.8) is 0 Å². The monoisotopic (exact) mass is 307 g/mol. The molecule has 0 aromatic carbocycles. The van der Waals surface area contributed by atoms with E-state index in [2.05, 4.69) is 10.3 Å². The summed E-state index contributed by atoms with van der Waals surface area (Å²) in [4.78, 5) is 7.49. The van der Waals surface area contributed by atoms with Gasteiger partial charge >= 0.3 is 0 Å². The van der Waals surface area contributed by atoms with Crippen LogP contribution in [-0.4, -0.2) is 53.2 Å². The van der Waals surface area contributed by atoms with E-state index >= 15 is 0 Å². The lowest BCUT2D eigenvalue weighted by atomic mass is 10.4. The van der Waals surface area contributed by atoms with Crippen LogP contribution < -0.4 is 10.2 Å². The standard InChI is InChI=1S/C11H21N3O3S2/c1-12-7-10-9(8-17-3)13-11(18-10)14(2)5-6-19(4,15)16/h12H,5-8H2,1-4H3. The molecule has 0 aliphatic heterocycles. The minimum absolute atomic E-state index is 0.129. The number of aromatic nitrogens is 1. The van der Waals surface area contributed by atoms with Crippen molar-refractivity contribution in [1.29, 1.82) is 0 Å². The number of methoxy groups -OCH3 is 1. The molecule has 0 fully saturated rings. The highest BCUT2D eigenvalue weighted by Crippen LogP contribution is 2.26. The van der Waals surface area contributed by atoms with Gasteiger partial charge < -0.3 is 15.0 Å². The molecule has 8 heteroatoms. The van der Waals surface area contributed by atoms with Gasteiger partial charge in [0.1, 0.15) is 9.84 Å². The van der Waals surface area contributed by atoms with Gasteiger partial charge in [0.2, 0.25) is 0 Å². The summed E-state index contributed by atoms with van der Waals surface area (Å²) in [5, 5.41) is 3.91. The Hall–Kier alpha value is -0.700. The maximum Gasteiger partial charge on any atom is 0.185 e. The smallest absolute Gasteiger partial charge is 0.185 e. The van der Waals surface area contributed by atoms with Crippen molar-refractivity contribution in [1.82, 2.24) is 10.3 Å². The zero-order valence-electron chi connectivity index (χ0n) is 11.8. The molecule has 0 atom stereocenters. The molecule has 0 bridgehead atoms. The Morgan fingerprint density at radius 3 is 2.68 bits per heavy atom. The highest BCUT2D eigenvalue weighted by Gasteiger charge is 2.14. The Morgan fingerprint density at radius 1 is 1.47 bits per heavy atom. The van der Waals surface area contributed by atoms with Gasteiger partial charge in [-0.3, -0.25) is 0 Å². The summed E-state index contributed by atoms with van der Waals surface area (Å²) in [5.41, 5.74) is 0.906. The summed E-state index contributed by atoms with van der Waals surface area (Å²) in [7, 11) is 2.41. The molecule has 1 aromatic rings. The van der Waals surface area contributed by atoms with E-state index < -0.39 is 9.84 Å². The van der Waals surface area contributed by atoms with Crippen molar-refractivity contribution in [3.8, 4) is 0 Å². The molecular formula is C11H21N3O3S2. The molecule has 0 aliphatic rings. The van der Waals surface area contributed by atoms with E-state index in [1.165, 1.54) is 6.26 Å². The Labute approximate surface area is 118 Å². The number of hydrogen-bond acceptors (Lipinski definition) is 7. The second-order valence-corrected chi connectivity index (χ2v) is 7.70. The van der Waals surface area contributed by atoms with E-state index in [1.807, 2.05) is 19.0 Å². The molecule has 0 amide bonds. The van der Waals surface area contributed by atoms with Gasteiger partial charge in [0.25, 0.3) is 0 Å². The molecule has 0 saturated carbocycles. The van der Waals surface area contributed by atoms with Crippen molar-refractivity contribution in [3.05, 3.63) is 10.6 Å². The summed E-state index contributed by atoms with van der Waals surface area (Å²) in [6.45, 7) is 1.64. The first kappa shape index (κ1) is 16.4. The van der Waals surface area contributed by atoms with Gasteiger partial charge in [-0.25, -0.2) is 13.4 Å². The quantitative estimate of drug-likeness (QED) is 0.754. The predicted molar refractivity (Wildman–Crippen MR) is 78.6 cm³/mol. The number of nitrogens with one attached hydrogen (secondary N) is 1. The van der Waals surface area contributed by atoms with E-state index in [0.717, 1.165) is 22.2 Å². The molecule has 0 radical (unpaired) electrons. The lowest BCUT2D eigenvalue weighted by Gasteiger charge is -2.14. The summed E-state index contributed by atoms with van der Waals surface area (Å²) in [6, 6.07) is 0. The van der Waals surface area contributed by atoms with Crippen LogP contribution in [0.25, 0.3) is 0 Å². The fourth-order valence-corrected chi connectivity index (χ4v) is 3.15. The summed E-state index contributed by atoms with van der Waals surface area (Å²) < 4.78 is 27.5. The average Bonchev–Trinajstić information content (AvgIpc) is 2.70. The van der Waals surface area contributed by atoms with E-state index in [1.54, 1.807) is 18.4 Å². The van der Waals surface area contributed by atoms with Crippen LogP contribution in [-0.2, 0) is 27.7 Å². The maximum absolute atomic E-state index is 11.2. The first-order chi connectivity index (χ1) is 8.87. The van der Waals surface area contributed by atoms with Gasteiger partial charge in [-0.1, -0.05) is 0 Å². The van der Waals surface area contributed by atoms with Gasteiger partial charge in [0, 0.05) is 38.4 Å². The number of ether oxygens (including phenoxy) is 1. The van der Waals surface area contributed by atoms with Crippen LogP contribution in [0.4, 0.5) is 5.13 Å². The summed E-state index contributed by atoms with van der Waals surface area (Å²) in [6.07, 6.45) is 1.24. The van der Waals surface area contributed by atoms with E-state index in [-0.39, 0.29) is 5.75 Å². The van der Waals surface area contributed by atoms with Gasteiger partial charge in [-0.2, -0.15) is 0 Å². The van der Waals surface area contributed by atoms with Crippen LogP contribution in [0.1, 0.15) is 10.6 Å². The first-order valence-corrected chi connectivity index (χ1v) is 8.76. The van der Waals surface area contributed by atoms with Crippen LogP contribution in [0.5, 0.6) is 0 Å². The van der Waals surface area contributed by atoms with Crippen molar-refractivity contribution in [2.75, 3.05) is 44.7 Å². The van der Waals surface area contributed by atoms with Crippen LogP contribution in [0.3, 0.4) is 0 Å². The van der Waals surface area contributed by atoms with Gasteiger partial charge in [-0.05, 0) is 7.05 Å². The Bertz CT molecular complexity index is 476. The lowest BCUT2D eigenvalue weighted by molar-refractivity contribution is 0.181. The van der Waals surface area contributed by atoms with Gasteiger partial charge in [0.05, 0.1) is 18.1 Å². The third kappa shape index (κ3) is 5.43. The summed E-state index contributed by atoms with van der Waals surface area (Å²) in [5.74, 6) is 0.129. The molecule has 1 aromatic heterocycles. The number of sulfone groups is 1. The molecule has 0 aliphatic carbocycles. The highest BCUT2D eigenvalue weighted by molar-refractivity contribution is 7.90. The SMILES string of the molecule is CNCc1sc(N(C)CCS(C)(=O)=O)nc1COC. The Balaban J connectivity index is 2.79. The van der Waals surface area contributed by atoms with Crippen LogP contribution in [0, 0.1) is 0 Å². The number of rotatable bonds is 8. The van der Waals surface area contributed by atoms with Crippen LogP contribution >= 0.6 is 11.3 Å². The largest absolute Gasteiger partial charge is 0.378 e. The number of thiazole rings is 1. The van der Waals surface area contributed by atoms with Gasteiger partial charge in [-0.15, -0.1) is 11.3 Å². The van der Waals surface area contributed by atoms with Crippen molar-refractivity contribution < 1.29 is 13.2 Å². The molecule has 6 nitrogen and oxygen atoms in total. The number of hydrogen-bond donors (Lipinski definition) is 1. The zero-order chi connectivity index (χ0) is 14.5. The molecule has 1 rings (SSSR count). The highest BCUT2D eigenvalue weighted by atomic mass is 32.2. The second-order valence-electron chi connectivity index (χ2n) is 4.38. The third-order valence-electron chi connectivity index (χ3n) is 2.51. The van der Waals surface area contributed by atoms with E-state index in [0.29, 0.717) is 13.2 Å². The fraction of sp³-hybridized carbons (Fsp3) is 0.727. The minimum atomic E-state index is -2.95. The Kier molecular flexibility index (Phi) is 6.18. The first-order valence-electron chi connectivity index (χ1n) is 5.88. The number of nitrogens with zero attached hydrogens (tertiary/aromatic N) is 2.